The first-order valence-corrected chi connectivity index (χ1v) is 7.67. The number of ether oxygens (including phenoxy) is 4. The second kappa shape index (κ2) is 12.5. The lowest BCUT2D eigenvalue weighted by Gasteiger charge is -2.06. The summed E-state index contributed by atoms with van der Waals surface area (Å²) < 4.78 is 22.9. The predicted molar refractivity (Wildman–Crippen MR) is 82.1 cm³/mol. The predicted octanol–water partition coefficient (Wildman–Crippen LogP) is 1.10. The summed E-state index contributed by atoms with van der Waals surface area (Å²) in [5, 5.41) is 7.81. The van der Waals surface area contributed by atoms with Crippen molar-refractivity contribution in [3.8, 4) is 0 Å². The summed E-state index contributed by atoms with van der Waals surface area (Å²) in [4.78, 5) is 0. The van der Waals surface area contributed by atoms with Crippen molar-refractivity contribution >= 4 is 22.9 Å². The molecule has 0 saturated carbocycles. The second-order valence-corrected chi connectivity index (χ2v) is 4.87. The number of hydrogen-bond acceptors (Lipinski definition) is 6. The molecule has 0 bridgehead atoms. The molecule has 0 aliphatic heterocycles. The van der Waals surface area contributed by atoms with E-state index in [-0.39, 0.29) is 0 Å². The zero-order chi connectivity index (χ0) is 14.5. The van der Waals surface area contributed by atoms with Crippen LogP contribution in [0.1, 0.15) is 12.6 Å². The van der Waals surface area contributed by atoms with Gasteiger partial charge < -0.3 is 18.9 Å². The third kappa shape index (κ3) is 9.59. The Morgan fingerprint density at radius 2 is 1.50 bits per heavy atom. The maximum Gasteiger partial charge on any atom is 0.0863 e. The van der Waals surface area contributed by atoms with Crippen molar-refractivity contribution in [1.82, 2.24) is 13.2 Å². The van der Waals surface area contributed by atoms with Crippen LogP contribution in [0.15, 0.2) is 6.20 Å². The molecule has 1 aromatic heterocycles. The Morgan fingerprint density at radius 1 is 0.950 bits per heavy atom. The molecular weight excluding hydrogens is 377 g/mol. The van der Waals surface area contributed by atoms with Gasteiger partial charge in [0.15, 0.2) is 0 Å². The summed E-state index contributed by atoms with van der Waals surface area (Å²) in [6, 6.07) is 0. The van der Waals surface area contributed by atoms with Crippen molar-refractivity contribution in [2.45, 2.75) is 13.3 Å². The zero-order valence-electron chi connectivity index (χ0n) is 11.8. The molecule has 1 rings (SSSR count). The summed E-state index contributed by atoms with van der Waals surface area (Å²) in [5.74, 6) is 0. The molecule has 0 saturated heterocycles. The molecule has 0 spiro atoms. The van der Waals surface area contributed by atoms with Gasteiger partial charge in [-0.05, 0) is 6.92 Å². The van der Waals surface area contributed by atoms with Crippen LogP contribution in [0.4, 0.5) is 0 Å². The number of aromatic nitrogens is 3. The monoisotopic (exact) mass is 399 g/mol. The highest BCUT2D eigenvalue weighted by atomic mass is 127. The molecule has 0 radical (unpaired) electrons. The first-order chi connectivity index (χ1) is 9.83. The molecule has 0 unspecified atom stereocenters. The number of rotatable bonds is 13. The molecule has 1 aromatic rings. The van der Waals surface area contributed by atoms with Gasteiger partial charge in [-0.15, -0.1) is 5.10 Å². The molecule has 116 valence electrons. The quantitative estimate of drug-likeness (QED) is 0.366. The van der Waals surface area contributed by atoms with Crippen LogP contribution in [-0.2, 0) is 25.4 Å². The van der Waals surface area contributed by atoms with Gasteiger partial charge in [-0.25, -0.2) is 0 Å². The van der Waals surface area contributed by atoms with E-state index in [9.17, 15) is 0 Å². The second-order valence-electron chi connectivity index (χ2n) is 3.88. The molecule has 0 aliphatic rings. The molecule has 1 heterocycles. The normalized spacial score (nSPS) is 11.1. The summed E-state index contributed by atoms with van der Waals surface area (Å²) in [6.07, 6.45) is 2.64. The molecule has 8 heteroatoms. The molecule has 0 aliphatic carbocycles. The van der Waals surface area contributed by atoms with Crippen LogP contribution in [-0.4, -0.2) is 66.1 Å². The smallest absolute Gasteiger partial charge is 0.0863 e. The largest absolute Gasteiger partial charge is 0.379 e. The lowest BCUT2D eigenvalue weighted by molar-refractivity contribution is -0.000195. The minimum absolute atomic E-state index is 0.577. The average molecular weight is 399 g/mol. The molecule has 0 atom stereocenters. The Kier molecular flexibility index (Phi) is 11.1. The highest BCUT2D eigenvalue weighted by Crippen LogP contribution is 1.97. The molecule has 0 amide bonds. The minimum atomic E-state index is 0.577. The van der Waals surface area contributed by atoms with Crippen molar-refractivity contribution in [2.75, 3.05) is 52.9 Å². The Labute approximate surface area is 133 Å². The average Bonchev–Trinajstić information content (AvgIpc) is 2.86. The summed E-state index contributed by atoms with van der Waals surface area (Å²) in [7, 11) is 0. The highest BCUT2D eigenvalue weighted by Gasteiger charge is 1.98. The summed E-state index contributed by atoms with van der Waals surface area (Å²) in [5.41, 5.74) is 0.933. The number of hydrogen-bond donors (Lipinski definition) is 0. The van der Waals surface area contributed by atoms with E-state index in [2.05, 4.69) is 33.2 Å². The zero-order valence-corrected chi connectivity index (χ0v) is 14.0. The van der Waals surface area contributed by atoms with Gasteiger partial charge in [-0.2, -0.15) is 2.90 Å². The van der Waals surface area contributed by atoms with Crippen molar-refractivity contribution in [3.63, 3.8) is 0 Å². The van der Waals surface area contributed by atoms with E-state index in [1.54, 1.807) is 2.90 Å². The lowest BCUT2D eigenvalue weighted by Crippen LogP contribution is -2.12. The Balaban J connectivity index is 1.76. The van der Waals surface area contributed by atoms with E-state index in [1.165, 1.54) is 0 Å². The van der Waals surface area contributed by atoms with Crippen LogP contribution in [0.2, 0.25) is 0 Å². The Bertz CT molecular complexity index is 338. The fourth-order valence-electron chi connectivity index (χ4n) is 1.37. The topological polar surface area (TPSA) is 67.6 Å². The van der Waals surface area contributed by atoms with Gasteiger partial charge in [-0.1, -0.05) is 5.21 Å². The van der Waals surface area contributed by atoms with Gasteiger partial charge >= 0.3 is 0 Å². The standard InChI is InChI=1S/C12H22IN3O4/c1-2-17-5-6-19-9-10-20-8-7-18-4-3-12-11-16(13)15-14-12/h11H,2-10H2,1H3. The summed E-state index contributed by atoms with van der Waals surface area (Å²) in [6.45, 7) is 6.91. The lowest BCUT2D eigenvalue weighted by atomic mass is 10.3. The highest BCUT2D eigenvalue weighted by molar-refractivity contribution is 14.1. The minimum Gasteiger partial charge on any atom is -0.379 e. The van der Waals surface area contributed by atoms with Crippen LogP contribution < -0.4 is 0 Å². The Hall–Kier alpha value is -0.290. The van der Waals surface area contributed by atoms with Crippen molar-refractivity contribution in [1.29, 1.82) is 0 Å². The van der Waals surface area contributed by atoms with E-state index in [0.717, 1.165) is 18.7 Å². The van der Waals surface area contributed by atoms with E-state index >= 15 is 0 Å². The van der Waals surface area contributed by atoms with Gasteiger partial charge in [-0.3, -0.25) is 0 Å². The van der Waals surface area contributed by atoms with E-state index < -0.39 is 0 Å². The maximum absolute atomic E-state index is 5.44. The number of halogens is 1. The molecule has 7 nitrogen and oxygen atoms in total. The third-order valence-corrected chi connectivity index (χ3v) is 2.81. The SMILES string of the molecule is CCOCCOCCOCCOCCc1cn(I)nn1. The van der Waals surface area contributed by atoms with Crippen LogP contribution in [0.3, 0.4) is 0 Å². The van der Waals surface area contributed by atoms with Crippen molar-refractivity contribution in [2.24, 2.45) is 0 Å². The van der Waals surface area contributed by atoms with Gasteiger partial charge in [0.1, 0.15) is 0 Å². The van der Waals surface area contributed by atoms with Crippen LogP contribution >= 0.6 is 22.9 Å². The first-order valence-electron chi connectivity index (χ1n) is 6.71. The molecule has 0 N–H and O–H groups in total. The fourth-order valence-corrected chi connectivity index (χ4v) is 1.79. The van der Waals surface area contributed by atoms with Gasteiger partial charge in [0.05, 0.1) is 81.0 Å². The van der Waals surface area contributed by atoms with Gasteiger partial charge in [0.2, 0.25) is 0 Å². The molecule has 0 aromatic carbocycles. The Morgan fingerprint density at radius 3 is 2.00 bits per heavy atom. The molecule has 0 fully saturated rings. The maximum atomic E-state index is 5.44. The van der Waals surface area contributed by atoms with E-state index in [1.807, 2.05) is 13.1 Å². The van der Waals surface area contributed by atoms with Gasteiger partial charge in [0, 0.05) is 13.0 Å². The number of nitrogens with zero attached hydrogens (tertiary/aromatic N) is 3. The van der Waals surface area contributed by atoms with Crippen LogP contribution in [0.5, 0.6) is 0 Å². The van der Waals surface area contributed by atoms with Crippen molar-refractivity contribution < 1.29 is 18.9 Å². The van der Waals surface area contributed by atoms with Crippen molar-refractivity contribution in [3.05, 3.63) is 11.9 Å². The molecule has 20 heavy (non-hydrogen) atoms. The third-order valence-electron chi connectivity index (χ3n) is 2.34. The molecular formula is C12H22IN3O4. The van der Waals surface area contributed by atoms with E-state index in [0.29, 0.717) is 46.2 Å². The van der Waals surface area contributed by atoms with Crippen LogP contribution in [0, 0.1) is 0 Å². The fraction of sp³-hybridized carbons (Fsp3) is 0.833. The van der Waals surface area contributed by atoms with Gasteiger partial charge in [0.25, 0.3) is 0 Å². The van der Waals surface area contributed by atoms with Crippen LogP contribution in [0.25, 0.3) is 0 Å². The van der Waals surface area contributed by atoms with E-state index in [4.69, 9.17) is 18.9 Å². The summed E-state index contributed by atoms with van der Waals surface area (Å²) >= 11 is 2.06. The first kappa shape index (κ1) is 17.8.